The summed E-state index contributed by atoms with van der Waals surface area (Å²) in [4.78, 5) is 30.0. The van der Waals surface area contributed by atoms with E-state index in [1.54, 1.807) is 35.0 Å². The number of hydrogen-bond acceptors (Lipinski definition) is 3. The fourth-order valence-corrected chi connectivity index (χ4v) is 4.02. The molecule has 3 aromatic heterocycles. The average molecular weight is 443 g/mol. The van der Waals surface area contributed by atoms with Crippen LogP contribution in [0.15, 0.2) is 90.0 Å². The summed E-state index contributed by atoms with van der Waals surface area (Å²) < 4.78 is 3.52. The van der Waals surface area contributed by atoms with Crippen LogP contribution in [0, 0.1) is 0 Å². The summed E-state index contributed by atoms with van der Waals surface area (Å²) in [5.41, 5.74) is 4.36. The quantitative estimate of drug-likeness (QED) is 0.441. The maximum atomic E-state index is 13.1. The summed E-state index contributed by atoms with van der Waals surface area (Å²) in [5.74, 6) is -0.171. The first kappa shape index (κ1) is 20.0. The van der Waals surface area contributed by atoms with E-state index in [0.717, 1.165) is 16.6 Å². The van der Waals surface area contributed by atoms with E-state index >= 15 is 0 Å². The number of nitrogens with zero attached hydrogens (tertiary/aromatic N) is 3. The minimum atomic E-state index is -0.171. The van der Waals surface area contributed by atoms with Gasteiger partial charge in [0.15, 0.2) is 5.65 Å². The van der Waals surface area contributed by atoms with Crippen LogP contribution in [0.4, 0.5) is 0 Å². The van der Waals surface area contributed by atoms with Crippen molar-refractivity contribution in [3.8, 4) is 0 Å². The monoisotopic (exact) mass is 442 g/mol. The Labute approximate surface area is 188 Å². The summed E-state index contributed by atoms with van der Waals surface area (Å²) in [5, 5.41) is 3.53. The lowest BCUT2D eigenvalue weighted by Gasteiger charge is -2.12. The second kappa shape index (κ2) is 8.32. The van der Waals surface area contributed by atoms with E-state index in [1.807, 2.05) is 59.1 Å². The minimum absolute atomic E-state index is 0.107. The molecule has 0 saturated carbocycles. The van der Waals surface area contributed by atoms with Gasteiger partial charge in [0.2, 0.25) is 0 Å². The van der Waals surface area contributed by atoms with E-state index < -0.39 is 0 Å². The Kier molecular flexibility index (Phi) is 5.21. The lowest BCUT2D eigenvalue weighted by atomic mass is 10.1. The number of pyridine rings is 1. The van der Waals surface area contributed by atoms with Crippen LogP contribution in [0.1, 0.15) is 21.5 Å². The van der Waals surface area contributed by atoms with Gasteiger partial charge in [0.1, 0.15) is 5.52 Å². The molecule has 1 amide bonds. The molecule has 0 spiro atoms. The van der Waals surface area contributed by atoms with Crippen LogP contribution in [0.5, 0.6) is 0 Å². The highest BCUT2D eigenvalue weighted by molar-refractivity contribution is 6.30. The van der Waals surface area contributed by atoms with Gasteiger partial charge in [0, 0.05) is 29.5 Å². The van der Waals surface area contributed by atoms with Gasteiger partial charge in [-0.05, 0) is 59.7 Å². The zero-order chi connectivity index (χ0) is 22.1. The van der Waals surface area contributed by atoms with Crippen molar-refractivity contribution in [3.05, 3.63) is 117 Å². The third-order valence-electron chi connectivity index (χ3n) is 5.39. The molecule has 0 bridgehead atoms. The number of benzene rings is 2. The van der Waals surface area contributed by atoms with Crippen molar-refractivity contribution in [2.24, 2.45) is 0 Å². The summed E-state index contributed by atoms with van der Waals surface area (Å²) in [6, 6.07) is 22.1. The molecule has 0 aliphatic rings. The van der Waals surface area contributed by atoms with Crippen molar-refractivity contribution >= 4 is 34.2 Å². The molecule has 0 atom stereocenters. The van der Waals surface area contributed by atoms with Crippen LogP contribution in [-0.2, 0) is 13.1 Å². The maximum absolute atomic E-state index is 13.1. The van der Waals surface area contributed by atoms with E-state index in [4.69, 9.17) is 11.6 Å². The molecule has 0 unspecified atom stereocenters. The van der Waals surface area contributed by atoms with Gasteiger partial charge in [-0.2, -0.15) is 0 Å². The molecule has 1 N–H and O–H groups in total. The van der Waals surface area contributed by atoms with Gasteiger partial charge in [-0.15, -0.1) is 0 Å². The number of fused-ring (bicyclic) bond motifs is 3. The summed E-state index contributed by atoms with van der Waals surface area (Å²) in [6.45, 7) is 0.754. The molecule has 5 rings (SSSR count). The smallest absolute Gasteiger partial charge is 0.276 e. The highest BCUT2D eigenvalue weighted by Gasteiger charge is 2.12. The molecule has 2 aromatic carbocycles. The predicted octanol–water partition coefficient (Wildman–Crippen LogP) is 4.28. The van der Waals surface area contributed by atoms with E-state index in [1.165, 1.54) is 0 Å². The van der Waals surface area contributed by atoms with Crippen LogP contribution < -0.4 is 10.9 Å². The van der Waals surface area contributed by atoms with Crippen LogP contribution in [-0.4, -0.2) is 19.9 Å². The first-order valence-corrected chi connectivity index (χ1v) is 10.5. The van der Waals surface area contributed by atoms with Crippen molar-refractivity contribution in [2.75, 3.05) is 0 Å². The zero-order valence-electron chi connectivity index (χ0n) is 17.0. The van der Waals surface area contributed by atoms with Gasteiger partial charge < -0.3 is 9.72 Å². The Balaban J connectivity index is 1.38. The Hall–Kier alpha value is -3.90. The molecule has 0 radical (unpaired) electrons. The van der Waals surface area contributed by atoms with Crippen LogP contribution >= 0.6 is 11.6 Å². The topological polar surface area (TPSA) is 68.4 Å². The molecule has 7 heteroatoms. The van der Waals surface area contributed by atoms with Gasteiger partial charge in [-0.25, -0.2) is 4.98 Å². The third kappa shape index (κ3) is 3.76. The number of halogens is 1. The number of carbonyl (C=O) groups excluding carboxylic acids is 1. The van der Waals surface area contributed by atoms with Gasteiger partial charge in [0.25, 0.3) is 11.5 Å². The number of nitrogens with one attached hydrogen (secondary N) is 1. The number of aromatic nitrogens is 3. The van der Waals surface area contributed by atoms with Crippen molar-refractivity contribution in [3.63, 3.8) is 0 Å². The molecule has 0 fully saturated rings. The SMILES string of the molecule is O=C(NCc1cccc(Cl)c1)c1ccc(Cn2c(=O)c3cccn3c3cccnc32)cc1. The molecular weight excluding hydrogens is 424 g/mol. The van der Waals surface area contributed by atoms with Crippen molar-refractivity contribution < 1.29 is 4.79 Å². The van der Waals surface area contributed by atoms with E-state index in [2.05, 4.69) is 10.3 Å². The van der Waals surface area contributed by atoms with Crippen molar-refractivity contribution in [2.45, 2.75) is 13.1 Å². The highest BCUT2D eigenvalue weighted by Crippen LogP contribution is 2.15. The Morgan fingerprint density at radius 2 is 1.75 bits per heavy atom. The zero-order valence-corrected chi connectivity index (χ0v) is 17.8. The second-order valence-corrected chi connectivity index (χ2v) is 7.95. The first-order valence-electron chi connectivity index (χ1n) is 10.2. The van der Waals surface area contributed by atoms with Crippen LogP contribution in [0.3, 0.4) is 0 Å². The summed E-state index contributed by atoms with van der Waals surface area (Å²) in [6.07, 6.45) is 3.54. The molecule has 3 heterocycles. The molecule has 0 saturated heterocycles. The lowest BCUT2D eigenvalue weighted by molar-refractivity contribution is 0.0951. The van der Waals surface area contributed by atoms with Gasteiger partial charge in [-0.1, -0.05) is 35.9 Å². The van der Waals surface area contributed by atoms with E-state index in [-0.39, 0.29) is 11.5 Å². The average Bonchev–Trinajstić information content (AvgIpc) is 3.31. The molecular formula is C25H19ClN4O2. The molecule has 32 heavy (non-hydrogen) atoms. The number of amides is 1. The van der Waals surface area contributed by atoms with Gasteiger partial charge in [-0.3, -0.25) is 14.2 Å². The van der Waals surface area contributed by atoms with Gasteiger partial charge >= 0.3 is 0 Å². The highest BCUT2D eigenvalue weighted by atomic mass is 35.5. The van der Waals surface area contributed by atoms with Gasteiger partial charge in [0.05, 0.1) is 12.1 Å². The number of carbonyl (C=O) groups is 1. The number of rotatable bonds is 5. The molecule has 6 nitrogen and oxygen atoms in total. The van der Waals surface area contributed by atoms with E-state index in [0.29, 0.717) is 34.8 Å². The Morgan fingerprint density at radius 3 is 2.56 bits per heavy atom. The molecule has 0 aliphatic heterocycles. The third-order valence-corrected chi connectivity index (χ3v) is 5.63. The fraction of sp³-hybridized carbons (Fsp3) is 0.0800. The summed E-state index contributed by atoms with van der Waals surface area (Å²) in [7, 11) is 0. The molecule has 0 aliphatic carbocycles. The molecule has 5 aromatic rings. The first-order chi connectivity index (χ1) is 15.6. The van der Waals surface area contributed by atoms with Crippen molar-refractivity contribution in [1.82, 2.24) is 19.3 Å². The summed E-state index contributed by atoms with van der Waals surface area (Å²) >= 11 is 5.99. The van der Waals surface area contributed by atoms with Crippen LogP contribution in [0.2, 0.25) is 5.02 Å². The lowest BCUT2D eigenvalue weighted by Crippen LogP contribution is -2.24. The minimum Gasteiger partial charge on any atom is -0.348 e. The second-order valence-electron chi connectivity index (χ2n) is 7.51. The maximum Gasteiger partial charge on any atom is 0.276 e. The Bertz CT molecular complexity index is 1500. The van der Waals surface area contributed by atoms with Crippen LogP contribution in [0.25, 0.3) is 16.7 Å². The molecule has 158 valence electrons. The van der Waals surface area contributed by atoms with Crippen molar-refractivity contribution in [1.29, 1.82) is 0 Å². The predicted molar refractivity (Wildman–Crippen MR) is 125 cm³/mol. The largest absolute Gasteiger partial charge is 0.348 e. The Morgan fingerprint density at radius 1 is 0.938 bits per heavy atom. The fourth-order valence-electron chi connectivity index (χ4n) is 3.81. The standard InChI is InChI=1S/C25H19ClN4O2/c26-20-5-1-4-18(14-20)15-28-24(31)19-10-8-17(9-11-19)16-30-23-21(6-2-12-27-23)29-13-3-7-22(29)25(30)32/h1-14H,15-16H2,(H,28,31). The normalized spacial score (nSPS) is 11.2. The van der Waals surface area contributed by atoms with E-state index in [9.17, 15) is 9.59 Å². The number of hydrogen-bond donors (Lipinski definition) is 1.